The zero-order chi connectivity index (χ0) is 50.8. The topological polar surface area (TPSA) is 43.9 Å². The van der Waals surface area contributed by atoms with E-state index in [1.807, 2.05) is 18.2 Å². The van der Waals surface area contributed by atoms with Crippen LogP contribution >= 0.6 is 0 Å². The molecule has 0 radical (unpaired) electrons. The van der Waals surface area contributed by atoms with Gasteiger partial charge in [0, 0.05) is 49.4 Å². The van der Waals surface area contributed by atoms with Crippen molar-refractivity contribution >= 4 is 43.7 Å². The molecule has 13 aromatic rings. The first-order chi connectivity index (χ1) is 36.6. The van der Waals surface area contributed by atoms with Crippen molar-refractivity contribution in [2.75, 3.05) is 0 Å². The molecule has 0 N–H and O–H groups in total. The maximum Gasteiger partial charge on any atom is 0.160 e. The molecule has 0 spiro atoms. The Kier molecular flexibility index (Phi) is 11.2. The lowest BCUT2D eigenvalue weighted by molar-refractivity contribution is 0.590. The number of nitrogens with zero attached hydrogens (tertiary/aromatic N) is 3. The summed E-state index contributed by atoms with van der Waals surface area (Å²) in [5.41, 5.74) is 21.2. The van der Waals surface area contributed by atoms with E-state index in [-0.39, 0.29) is 5.41 Å². The summed E-state index contributed by atoms with van der Waals surface area (Å²) in [6, 6.07) is 85.7. The molecule has 4 heteroatoms. The molecule has 10 aromatic carbocycles. The zero-order valence-electron chi connectivity index (χ0n) is 42.8. The van der Waals surface area contributed by atoms with Gasteiger partial charge in [-0.2, -0.15) is 0 Å². The van der Waals surface area contributed by atoms with Crippen molar-refractivity contribution in [3.05, 3.63) is 248 Å². The molecule has 0 bridgehead atoms. The highest BCUT2D eigenvalue weighted by Gasteiger charge is 2.25. The molecule has 0 aliphatic carbocycles. The van der Waals surface area contributed by atoms with E-state index in [4.69, 9.17) is 14.4 Å². The molecule has 0 fully saturated rings. The molecule has 3 heterocycles. The number of furan rings is 1. The summed E-state index contributed by atoms with van der Waals surface area (Å²) in [6.07, 6.45) is 0. The highest BCUT2D eigenvalue weighted by atomic mass is 16.3. The minimum Gasteiger partial charge on any atom is -0.456 e. The third-order valence-corrected chi connectivity index (χ3v) is 15.0. The van der Waals surface area contributed by atoms with Crippen LogP contribution in [0.3, 0.4) is 0 Å². The van der Waals surface area contributed by atoms with E-state index in [9.17, 15) is 0 Å². The van der Waals surface area contributed by atoms with Gasteiger partial charge in [-0.05, 0) is 117 Å². The Morgan fingerprint density at radius 3 is 1.41 bits per heavy atom. The van der Waals surface area contributed by atoms with Crippen molar-refractivity contribution in [3.63, 3.8) is 0 Å². The van der Waals surface area contributed by atoms with Gasteiger partial charge in [0.05, 0.1) is 28.1 Å². The fourth-order valence-electron chi connectivity index (χ4n) is 10.9. The van der Waals surface area contributed by atoms with Crippen molar-refractivity contribution in [3.8, 4) is 84.1 Å². The van der Waals surface area contributed by atoms with E-state index in [2.05, 4.69) is 258 Å². The monoisotopic (exact) mass is 965 g/mol. The third-order valence-electron chi connectivity index (χ3n) is 15.0. The number of rotatable bonds is 9. The quantitative estimate of drug-likeness (QED) is 0.145. The number of aromatic nitrogens is 3. The van der Waals surface area contributed by atoms with Crippen LogP contribution in [0.25, 0.3) is 128 Å². The second-order valence-electron chi connectivity index (χ2n) is 21.2. The van der Waals surface area contributed by atoms with Crippen molar-refractivity contribution in [2.45, 2.75) is 46.0 Å². The highest BCUT2D eigenvalue weighted by molar-refractivity contribution is 6.13. The van der Waals surface area contributed by atoms with Crippen LogP contribution in [0, 0.1) is 0 Å². The van der Waals surface area contributed by atoms with E-state index < -0.39 is 0 Å². The lowest BCUT2D eigenvalue weighted by Crippen LogP contribution is -2.10. The molecule has 0 saturated heterocycles. The fraction of sp³-hybridized carbons (Fsp3) is 0.0986. The Bertz CT molecular complexity index is 4160. The summed E-state index contributed by atoms with van der Waals surface area (Å²) in [5.74, 6) is 1.01. The summed E-state index contributed by atoms with van der Waals surface area (Å²) in [7, 11) is 0. The van der Waals surface area contributed by atoms with E-state index in [0.717, 1.165) is 89.0 Å². The summed E-state index contributed by atoms with van der Waals surface area (Å²) in [6.45, 7) is 11.3. The molecular formula is C71H55N3O. The Labute approximate surface area is 438 Å². The molecule has 0 aliphatic heterocycles. The SMILES string of the molecule is CC(C)c1ccc(-c2cc(-c3nc(-c4ccccc4)cc(-c4ccc5c(c4)oc4ccccc45)n3)cc(-c3ccc(C(C)(C)C)cc3)c2-n2c3ccc(-c4ccccc4)cc3c3cc(-c4ccccc4)ccc32)cc1. The van der Waals surface area contributed by atoms with Gasteiger partial charge in [0.1, 0.15) is 11.2 Å². The van der Waals surface area contributed by atoms with Crippen LogP contribution in [-0.2, 0) is 5.41 Å². The molecule has 0 aliphatic rings. The average molecular weight is 966 g/mol. The van der Waals surface area contributed by atoms with Crippen LogP contribution in [-0.4, -0.2) is 14.5 Å². The molecule has 0 atom stereocenters. The first kappa shape index (κ1) is 45.7. The van der Waals surface area contributed by atoms with Gasteiger partial charge in [-0.1, -0.05) is 211 Å². The van der Waals surface area contributed by atoms with Gasteiger partial charge in [-0.25, -0.2) is 9.97 Å². The van der Waals surface area contributed by atoms with Gasteiger partial charge in [-0.3, -0.25) is 0 Å². The van der Waals surface area contributed by atoms with E-state index >= 15 is 0 Å². The molecule has 3 aromatic heterocycles. The molecule has 0 unspecified atom stereocenters. The standard InChI is InChI=1S/C71H55N3O/c1-45(2)46-25-27-49(28-26-46)59-41-55(70-72-63(51-21-13-8-14-22-51)44-64(73-70)54-31-36-58-57-23-15-16-24-67(57)75-68(58)43-54)42-60(50-29-34-56(35-30-50)71(3,4)5)69(59)74-65-37-32-52(47-17-9-6-10-18-47)39-61(65)62-40-53(33-38-66(62)74)48-19-11-7-12-20-48/h6-45H,1-5H3. The van der Waals surface area contributed by atoms with Crippen LogP contribution < -0.4 is 0 Å². The summed E-state index contributed by atoms with van der Waals surface area (Å²) in [5, 5.41) is 4.55. The second kappa shape index (κ2) is 18.4. The minimum atomic E-state index is -0.0280. The van der Waals surface area contributed by atoms with Crippen LogP contribution in [0.4, 0.5) is 0 Å². The van der Waals surface area contributed by atoms with E-state index in [1.165, 1.54) is 44.2 Å². The zero-order valence-corrected chi connectivity index (χ0v) is 42.8. The van der Waals surface area contributed by atoms with Crippen LogP contribution in [0.2, 0.25) is 0 Å². The Morgan fingerprint density at radius 1 is 0.373 bits per heavy atom. The van der Waals surface area contributed by atoms with E-state index in [0.29, 0.717) is 11.7 Å². The summed E-state index contributed by atoms with van der Waals surface area (Å²) >= 11 is 0. The van der Waals surface area contributed by atoms with Crippen molar-refractivity contribution in [1.82, 2.24) is 14.5 Å². The van der Waals surface area contributed by atoms with E-state index in [1.54, 1.807) is 0 Å². The molecule has 0 amide bonds. The van der Waals surface area contributed by atoms with Crippen LogP contribution in [0.5, 0.6) is 0 Å². The maximum absolute atomic E-state index is 6.45. The maximum atomic E-state index is 6.45. The molecule has 75 heavy (non-hydrogen) atoms. The third kappa shape index (κ3) is 8.39. The molecular weight excluding hydrogens is 911 g/mol. The highest BCUT2D eigenvalue weighted by Crippen LogP contribution is 2.46. The number of para-hydroxylation sites is 1. The van der Waals surface area contributed by atoms with Crippen LogP contribution in [0.1, 0.15) is 51.7 Å². The second-order valence-corrected chi connectivity index (χ2v) is 21.2. The van der Waals surface area contributed by atoms with Gasteiger partial charge in [0.15, 0.2) is 5.82 Å². The number of fused-ring (bicyclic) bond motifs is 6. The van der Waals surface area contributed by atoms with Crippen molar-refractivity contribution < 1.29 is 4.42 Å². The largest absolute Gasteiger partial charge is 0.456 e. The molecule has 0 saturated carbocycles. The Morgan fingerprint density at radius 2 is 0.853 bits per heavy atom. The van der Waals surface area contributed by atoms with Gasteiger partial charge >= 0.3 is 0 Å². The Balaban J connectivity index is 1.12. The van der Waals surface area contributed by atoms with Gasteiger partial charge < -0.3 is 8.98 Å². The van der Waals surface area contributed by atoms with Crippen molar-refractivity contribution in [2.24, 2.45) is 0 Å². The van der Waals surface area contributed by atoms with Gasteiger partial charge in [0.2, 0.25) is 0 Å². The average Bonchev–Trinajstić information content (AvgIpc) is 3.99. The normalized spacial score (nSPS) is 11.9. The number of hydrogen-bond acceptors (Lipinski definition) is 3. The smallest absolute Gasteiger partial charge is 0.160 e. The lowest BCUT2D eigenvalue weighted by atomic mass is 9.85. The molecule has 360 valence electrons. The number of benzene rings is 10. The first-order valence-corrected chi connectivity index (χ1v) is 26.1. The predicted octanol–water partition coefficient (Wildman–Crippen LogP) is 19.6. The lowest BCUT2D eigenvalue weighted by Gasteiger charge is -2.23. The minimum absolute atomic E-state index is 0.0280. The Hall–Kier alpha value is -9.12. The van der Waals surface area contributed by atoms with Crippen molar-refractivity contribution in [1.29, 1.82) is 0 Å². The molecule has 4 nitrogen and oxygen atoms in total. The summed E-state index contributed by atoms with van der Waals surface area (Å²) < 4.78 is 8.97. The molecule has 13 rings (SSSR count). The first-order valence-electron chi connectivity index (χ1n) is 26.1. The van der Waals surface area contributed by atoms with Crippen LogP contribution in [0.15, 0.2) is 241 Å². The fourth-order valence-corrected chi connectivity index (χ4v) is 10.9. The predicted molar refractivity (Wildman–Crippen MR) is 314 cm³/mol. The van der Waals surface area contributed by atoms with Gasteiger partial charge in [-0.15, -0.1) is 0 Å². The summed E-state index contributed by atoms with van der Waals surface area (Å²) in [4.78, 5) is 11.0. The van der Waals surface area contributed by atoms with Gasteiger partial charge in [0.25, 0.3) is 0 Å². The number of hydrogen-bond donors (Lipinski definition) is 0.